The van der Waals surface area contributed by atoms with Crippen molar-refractivity contribution in [1.29, 1.82) is 0 Å². The quantitative estimate of drug-likeness (QED) is 0.917. The van der Waals surface area contributed by atoms with Crippen LogP contribution in [0.1, 0.15) is 31.9 Å². The summed E-state index contributed by atoms with van der Waals surface area (Å²) < 4.78 is 19.5. The highest BCUT2D eigenvalue weighted by molar-refractivity contribution is 5.39. The van der Waals surface area contributed by atoms with E-state index in [1.165, 1.54) is 6.07 Å². The van der Waals surface area contributed by atoms with Crippen molar-refractivity contribution in [1.82, 2.24) is 0 Å². The van der Waals surface area contributed by atoms with Crippen molar-refractivity contribution in [2.45, 2.75) is 32.5 Å². The minimum atomic E-state index is -1.40. The van der Waals surface area contributed by atoms with Gasteiger partial charge < -0.3 is 9.84 Å². The third-order valence-electron chi connectivity index (χ3n) is 3.17. The Morgan fingerprint density at radius 2 is 1.80 bits per heavy atom. The predicted octanol–water partition coefficient (Wildman–Crippen LogP) is 3.87. The Bertz CT molecular complexity index is 591. The maximum Gasteiger partial charge on any atom is 0.129 e. The lowest BCUT2D eigenvalue weighted by atomic mass is 9.88. The fourth-order valence-corrected chi connectivity index (χ4v) is 2.16. The van der Waals surface area contributed by atoms with Crippen molar-refractivity contribution in [3.63, 3.8) is 0 Å². The summed E-state index contributed by atoms with van der Waals surface area (Å²) in [6, 6.07) is 13.4. The summed E-state index contributed by atoms with van der Waals surface area (Å²) in [6.07, 6.45) is 0.0451. The molecule has 106 valence electrons. The van der Waals surface area contributed by atoms with Crippen molar-refractivity contribution in [2.24, 2.45) is 0 Å². The molecule has 0 radical (unpaired) electrons. The Kier molecular flexibility index (Phi) is 4.09. The molecule has 0 saturated heterocycles. The summed E-state index contributed by atoms with van der Waals surface area (Å²) in [4.78, 5) is 0. The second kappa shape index (κ2) is 5.63. The number of hydrogen-bond acceptors (Lipinski definition) is 2. The first kappa shape index (κ1) is 14.5. The number of benzene rings is 2. The zero-order valence-corrected chi connectivity index (χ0v) is 11.9. The van der Waals surface area contributed by atoms with Crippen LogP contribution >= 0.6 is 0 Å². The summed E-state index contributed by atoms with van der Waals surface area (Å²) in [5.74, 6) is 0.238. The van der Waals surface area contributed by atoms with E-state index < -0.39 is 11.4 Å². The highest BCUT2D eigenvalue weighted by Gasteiger charge is 2.28. The Balaban J connectivity index is 2.41. The molecule has 0 bridgehead atoms. The van der Waals surface area contributed by atoms with Gasteiger partial charge >= 0.3 is 0 Å². The van der Waals surface area contributed by atoms with E-state index in [0.717, 1.165) is 0 Å². The van der Waals surface area contributed by atoms with Gasteiger partial charge in [-0.15, -0.1) is 0 Å². The SMILES string of the molecule is CC(C)Oc1cccc(C(C)(O)c2ccccc2F)c1. The van der Waals surface area contributed by atoms with Gasteiger partial charge in [0, 0.05) is 5.56 Å². The maximum absolute atomic E-state index is 13.9. The minimum absolute atomic E-state index is 0.0451. The first-order valence-electron chi connectivity index (χ1n) is 6.66. The van der Waals surface area contributed by atoms with E-state index >= 15 is 0 Å². The molecule has 2 rings (SSSR count). The van der Waals surface area contributed by atoms with E-state index in [1.54, 1.807) is 43.3 Å². The molecule has 0 aliphatic carbocycles. The number of ether oxygens (including phenoxy) is 1. The van der Waals surface area contributed by atoms with Crippen LogP contribution in [0.3, 0.4) is 0 Å². The summed E-state index contributed by atoms with van der Waals surface area (Å²) in [5.41, 5.74) is -0.552. The monoisotopic (exact) mass is 274 g/mol. The smallest absolute Gasteiger partial charge is 0.129 e. The van der Waals surface area contributed by atoms with Gasteiger partial charge in [0.1, 0.15) is 17.2 Å². The van der Waals surface area contributed by atoms with Crippen LogP contribution in [0.25, 0.3) is 0 Å². The van der Waals surface area contributed by atoms with Crippen molar-refractivity contribution in [3.05, 3.63) is 65.5 Å². The Hall–Kier alpha value is -1.87. The van der Waals surface area contributed by atoms with Gasteiger partial charge in [-0.05, 0) is 44.5 Å². The van der Waals surface area contributed by atoms with Gasteiger partial charge in [0.15, 0.2) is 0 Å². The van der Waals surface area contributed by atoms with Gasteiger partial charge in [0.2, 0.25) is 0 Å². The molecule has 2 aromatic carbocycles. The fraction of sp³-hybridized carbons (Fsp3) is 0.294. The first-order valence-corrected chi connectivity index (χ1v) is 6.66. The molecule has 20 heavy (non-hydrogen) atoms. The van der Waals surface area contributed by atoms with Crippen LogP contribution < -0.4 is 4.74 Å². The molecule has 1 unspecified atom stereocenters. The molecule has 2 aromatic rings. The molecule has 0 heterocycles. The van der Waals surface area contributed by atoms with Crippen molar-refractivity contribution in [2.75, 3.05) is 0 Å². The molecule has 2 nitrogen and oxygen atoms in total. The fourth-order valence-electron chi connectivity index (χ4n) is 2.16. The lowest BCUT2D eigenvalue weighted by molar-refractivity contribution is 0.0973. The number of rotatable bonds is 4. The lowest BCUT2D eigenvalue weighted by Gasteiger charge is -2.25. The third-order valence-corrected chi connectivity index (χ3v) is 3.17. The van der Waals surface area contributed by atoms with Crippen LogP contribution in [0.5, 0.6) is 5.75 Å². The molecule has 0 aromatic heterocycles. The topological polar surface area (TPSA) is 29.5 Å². The highest BCUT2D eigenvalue weighted by Crippen LogP contribution is 2.32. The maximum atomic E-state index is 13.9. The zero-order chi connectivity index (χ0) is 14.8. The minimum Gasteiger partial charge on any atom is -0.491 e. The number of aliphatic hydroxyl groups is 1. The average molecular weight is 274 g/mol. The van der Waals surface area contributed by atoms with E-state index in [0.29, 0.717) is 11.3 Å². The van der Waals surface area contributed by atoms with Crippen LogP contribution in [-0.2, 0) is 5.60 Å². The average Bonchev–Trinajstić information content (AvgIpc) is 2.38. The Labute approximate surface area is 118 Å². The molecule has 0 fully saturated rings. The van der Waals surface area contributed by atoms with Gasteiger partial charge in [-0.3, -0.25) is 0 Å². The van der Waals surface area contributed by atoms with Crippen LogP contribution in [-0.4, -0.2) is 11.2 Å². The summed E-state index contributed by atoms with van der Waals surface area (Å²) in [6.45, 7) is 5.45. The largest absolute Gasteiger partial charge is 0.491 e. The van der Waals surface area contributed by atoms with Gasteiger partial charge in [-0.25, -0.2) is 4.39 Å². The molecular weight excluding hydrogens is 255 g/mol. The van der Waals surface area contributed by atoms with E-state index in [2.05, 4.69) is 0 Å². The zero-order valence-electron chi connectivity index (χ0n) is 11.9. The van der Waals surface area contributed by atoms with Gasteiger partial charge in [0.25, 0.3) is 0 Å². The van der Waals surface area contributed by atoms with E-state index in [9.17, 15) is 9.50 Å². The molecule has 0 saturated carbocycles. The predicted molar refractivity (Wildman–Crippen MR) is 77.3 cm³/mol. The van der Waals surface area contributed by atoms with Gasteiger partial charge in [-0.1, -0.05) is 30.3 Å². The standard InChI is InChI=1S/C17H19FO2/c1-12(2)20-14-8-6-7-13(11-14)17(3,19)15-9-4-5-10-16(15)18/h4-12,19H,1-3H3. The molecular formula is C17H19FO2. The molecule has 0 aliphatic rings. The molecule has 1 atom stereocenters. The van der Waals surface area contributed by atoms with Crippen LogP contribution in [0.4, 0.5) is 4.39 Å². The number of hydrogen-bond donors (Lipinski definition) is 1. The normalized spacial score (nSPS) is 14.1. The Morgan fingerprint density at radius 3 is 2.45 bits per heavy atom. The van der Waals surface area contributed by atoms with Crippen LogP contribution in [0.2, 0.25) is 0 Å². The molecule has 1 N–H and O–H groups in total. The Morgan fingerprint density at radius 1 is 1.10 bits per heavy atom. The summed E-state index contributed by atoms with van der Waals surface area (Å²) >= 11 is 0. The first-order chi connectivity index (χ1) is 9.41. The van der Waals surface area contributed by atoms with Crippen molar-refractivity contribution < 1.29 is 14.2 Å². The third kappa shape index (κ3) is 2.99. The van der Waals surface area contributed by atoms with Crippen molar-refractivity contribution in [3.8, 4) is 5.75 Å². The highest BCUT2D eigenvalue weighted by atomic mass is 19.1. The molecule has 0 spiro atoms. The second-order valence-electron chi connectivity index (χ2n) is 5.25. The number of halogens is 1. The summed E-state index contributed by atoms with van der Waals surface area (Å²) in [7, 11) is 0. The van der Waals surface area contributed by atoms with Crippen molar-refractivity contribution >= 4 is 0 Å². The van der Waals surface area contributed by atoms with Crippen LogP contribution in [0, 0.1) is 5.82 Å². The lowest BCUT2D eigenvalue weighted by Crippen LogP contribution is -2.24. The molecule has 0 aliphatic heterocycles. The second-order valence-corrected chi connectivity index (χ2v) is 5.25. The van der Waals surface area contributed by atoms with E-state index in [4.69, 9.17) is 4.74 Å². The molecule has 0 amide bonds. The van der Waals surface area contributed by atoms with Gasteiger partial charge in [0.05, 0.1) is 6.10 Å². The molecule has 3 heteroatoms. The van der Waals surface area contributed by atoms with Crippen LogP contribution in [0.15, 0.2) is 48.5 Å². The summed E-state index contributed by atoms with van der Waals surface area (Å²) in [5, 5.41) is 10.7. The van der Waals surface area contributed by atoms with Gasteiger partial charge in [-0.2, -0.15) is 0 Å². The van der Waals surface area contributed by atoms with E-state index in [-0.39, 0.29) is 11.7 Å². The van der Waals surface area contributed by atoms with E-state index in [1.807, 2.05) is 19.9 Å².